The van der Waals surface area contributed by atoms with Crippen LogP contribution in [0.25, 0.3) is 0 Å². The molecule has 0 radical (unpaired) electrons. The molecule has 2 N–H and O–H groups in total. The summed E-state index contributed by atoms with van der Waals surface area (Å²) >= 11 is 0. The molecule has 1 aromatic rings. The first kappa shape index (κ1) is 21.0. The van der Waals surface area contributed by atoms with Crippen molar-refractivity contribution >= 4 is 23.6 Å². The summed E-state index contributed by atoms with van der Waals surface area (Å²) in [6.07, 6.45) is 5.27. The van der Waals surface area contributed by atoms with Crippen LogP contribution in [0, 0.1) is 5.92 Å². The van der Waals surface area contributed by atoms with E-state index in [9.17, 15) is 19.2 Å². The maximum absolute atomic E-state index is 12.6. The Morgan fingerprint density at radius 3 is 2.24 bits per heavy atom. The molecule has 0 atom stereocenters. The Morgan fingerprint density at radius 1 is 0.966 bits per heavy atom. The predicted octanol–water partition coefficient (Wildman–Crippen LogP) is 2.51. The van der Waals surface area contributed by atoms with Gasteiger partial charge in [-0.3, -0.25) is 24.1 Å². The van der Waals surface area contributed by atoms with E-state index in [0.29, 0.717) is 24.2 Å². The van der Waals surface area contributed by atoms with Crippen LogP contribution in [0.4, 0.5) is 0 Å². The van der Waals surface area contributed by atoms with E-state index in [4.69, 9.17) is 0 Å². The van der Waals surface area contributed by atoms with Gasteiger partial charge in [-0.1, -0.05) is 19.3 Å². The molecule has 0 bridgehead atoms. The van der Waals surface area contributed by atoms with Crippen molar-refractivity contribution < 1.29 is 19.2 Å². The lowest BCUT2D eigenvalue weighted by molar-refractivity contribution is -0.125. The first-order valence-corrected chi connectivity index (χ1v) is 10.3. The van der Waals surface area contributed by atoms with Gasteiger partial charge < -0.3 is 10.6 Å². The summed E-state index contributed by atoms with van der Waals surface area (Å²) in [6.45, 7) is 6.05. The molecule has 1 aliphatic heterocycles. The minimum absolute atomic E-state index is 0.0582. The standard InChI is InChI=1S/C22H29N3O4/c1-22(2,3)25-20(28)16-10-9-15(13-17(16)21(25)29)19(27)24-12-11-23-18(26)14-7-5-4-6-8-14/h9-10,13-14H,4-8,11-12H2,1-3H3,(H,23,26)(H,24,27). The first-order valence-electron chi connectivity index (χ1n) is 10.3. The molecule has 0 unspecified atom stereocenters. The molecule has 7 nitrogen and oxygen atoms in total. The van der Waals surface area contributed by atoms with E-state index in [1.165, 1.54) is 23.5 Å². The number of benzene rings is 1. The van der Waals surface area contributed by atoms with Crippen molar-refractivity contribution in [3.63, 3.8) is 0 Å². The van der Waals surface area contributed by atoms with Gasteiger partial charge in [-0.2, -0.15) is 0 Å². The van der Waals surface area contributed by atoms with Crippen LogP contribution in [0.1, 0.15) is 83.9 Å². The van der Waals surface area contributed by atoms with Crippen LogP contribution >= 0.6 is 0 Å². The van der Waals surface area contributed by atoms with Gasteiger partial charge in [-0.25, -0.2) is 0 Å². The summed E-state index contributed by atoms with van der Waals surface area (Å²) < 4.78 is 0. The lowest BCUT2D eigenvalue weighted by Gasteiger charge is -2.29. The number of carbonyl (C=O) groups excluding carboxylic acids is 4. The third-order valence-electron chi connectivity index (χ3n) is 5.51. The molecule has 1 aromatic carbocycles. The number of amides is 4. The lowest BCUT2D eigenvalue weighted by Crippen LogP contribution is -2.45. The summed E-state index contributed by atoms with van der Waals surface area (Å²) in [6, 6.07) is 4.55. The molecule has 29 heavy (non-hydrogen) atoms. The highest BCUT2D eigenvalue weighted by molar-refractivity contribution is 6.22. The molecule has 1 aliphatic carbocycles. The van der Waals surface area contributed by atoms with Gasteiger partial charge in [0.1, 0.15) is 0 Å². The lowest BCUT2D eigenvalue weighted by atomic mass is 9.89. The van der Waals surface area contributed by atoms with E-state index in [1.54, 1.807) is 26.8 Å². The van der Waals surface area contributed by atoms with E-state index in [1.807, 2.05) is 0 Å². The summed E-state index contributed by atoms with van der Waals surface area (Å²) in [5.74, 6) is -0.913. The number of imide groups is 1. The molecule has 0 saturated heterocycles. The maximum atomic E-state index is 12.6. The normalized spacial score (nSPS) is 17.3. The van der Waals surface area contributed by atoms with Gasteiger partial charge in [0.15, 0.2) is 0 Å². The minimum atomic E-state index is -0.633. The topological polar surface area (TPSA) is 95.6 Å². The highest BCUT2D eigenvalue weighted by atomic mass is 16.2. The van der Waals surface area contributed by atoms with Crippen molar-refractivity contribution in [3.05, 3.63) is 34.9 Å². The number of rotatable bonds is 5. The zero-order valence-electron chi connectivity index (χ0n) is 17.3. The van der Waals surface area contributed by atoms with Gasteiger partial charge in [0.25, 0.3) is 17.7 Å². The van der Waals surface area contributed by atoms with Crippen LogP contribution in [0.15, 0.2) is 18.2 Å². The number of nitrogens with zero attached hydrogens (tertiary/aromatic N) is 1. The summed E-state index contributed by atoms with van der Waals surface area (Å²) in [5.41, 5.74) is 0.259. The van der Waals surface area contributed by atoms with E-state index >= 15 is 0 Å². The fourth-order valence-corrected chi connectivity index (χ4v) is 3.96. The summed E-state index contributed by atoms with van der Waals surface area (Å²) in [7, 11) is 0. The van der Waals surface area contributed by atoms with Gasteiger partial charge in [0.05, 0.1) is 11.1 Å². The van der Waals surface area contributed by atoms with E-state index < -0.39 is 5.54 Å². The zero-order valence-corrected chi connectivity index (χ0v) is 17.3. The minimum Gasteiger partial charge on any atom is -0.354 e. The van der Waals surface area contributed by atoms with Crippen molar-refractivity contribution in [1.29, 1.82) is 0 Å². The molecule has 1 saturated carbocycles. The van der Waals surface area contributed by atoms with Gasteiger partial charge in [-0.15, -0.1) is 0 Å². The van der Waals surface area contributed by atoms with Crippen molar-refractivity contribution in [2.24, 2.45) is 5.92 Å². The Bertz CT molecular complexity index is 835. The van der Waals surface area contributed by atoms with Crippen molar-refractivity contribution in [1.82, 2.24) is 15.5 Å². The molecule has 0 spiro atoms. The fourth-order valence-electron chi connectivity index (χ4n) is 3.96. The monoisotopic (exact) mass is 399 g/mol. The van der Waals surface area contributed by atoms with Crippen molar-refractivity contribution in [2.45, 2.75) is 58.4 Å². The first-order chi connectivity index (χ1) is 13.7. The number of fused-ring (bicyclic) bond motifs is 1. The Morgan fingerprint density at radius 2 is 1.59 bits per heavy atom. The third kappa shape index (κ3) is 4.49. The van der Waals surface area contributed by atoms with Crippen LogP contribution in [0.2, 0.25) is 0 Å². The van der Waals surface area contributed by atoms with Crippen LogP contribution < -0.4 is 10.6 Å². The average molecular weight is 399 g/mol. The van der Waals surface area contributed by atoms with E-state index in [-0.39, 0.29) is 35.1 Å². The van der Waals surface area contributed by atoms with Crippen molar-refractivity contribution in [3.8, 4) is 0 Å². The maximum Gasteiger partial charge on any atom is 0.262 e. The van der Waals surface area contributed by atoms with Crippen LogP contribution in [0.5, 0.6) is 0 Å². The second-order valence-electron chi connectivity index (χ2n) is 8.76. The van der Waals surface area contributed by atoms with Crippen LogP contribution in [-0.4, -0.2) is 47.2 Å². The molecule has 7 heteroatoms. The van der Waals surface area contributed by atoms with Crippen molar-refractivity contribution in [2.75, 3.05) is 13.1 Å². The number of nitrogens with one attached hydrogen (secondary N) is 2. The summed E-state index contributed by atoms with van der Waals surface area (Å²) in [4.78, 5) is 50.9. The van der Waals surface area contributed by atoms with Gasteiger partial charge in [-0.05, 0) is 51.8 Å². The Hall–Kier alpha value is -2.70. The number of carbonyl (C=O) groups is 4. The molecule has 1 heterocycles. The molecular formula is C22H29N3O4. The van der Waals surface area contributed by atoms with E-state index in [0.717, 1.165) is 25.7 Å². The molecule has 3 rings (SSSR count). The Kier molecular flexibility index (Phi) is 6.05. The predicted molar refractivity (Wildman–Crippen MR) is 109 cm³/mol. The molecule has 4 amide bonds. The SMILES string of the molecule is CC(C)(C)N1C(=O)c2ccc(C(=O)NCCNC(=O)C3CCCCC3)cc2C1=O. The second-order valence-corrected chi connectivity index (χ2v) is 8.76. The fraction of sp³-hybridized carbons (Fsp3) is 0.545. The quantitative estimate of drug-likeness (QED) is 0.587. The number of hydrogen-bond donors (Lipinski definition) is 2. The molecule has 156 valence electrons. The largest absolute Gasteiger partial charge is 0.354 e. The molecule has 0 aromatic heterocycles. The van der Waals surface area contributed by atoms with Gasteiger partial charge in [0, 0.05) is 30.1 Å². The molecular weight excluding hydrogens is 370 g/mol. The smallest absolute Gasteiger partial charge is 0.262 e. The van der Waals surface area contributed by atoms with Gasteiger partial charge in [0.2, 0.25) is 5.91 Å². The Balaban J connectivity index is 1.55. The highest BCUT2D eigenvalue weighted by Crippen LogP contribution is 2.29. The van der Waals surface area contributed by atoms with E-state index in [2.05, 4.69) is 10.6 Å². The summed E-state index contributed by atoms with van der Waals surface area (Å²) in [5, 5.41) is 5.63. The van der Waals surface area contributed by atoms with Gasteiger partial charge >= 0.3 is 0 Å². The van der Waals surface area contributed by atoms with Crippen LogP contribution in [0.3, 0.4) is 0 Å². The molecule has 1 fully saturated rings. The highest BCUT2D eigenvalue weighted by Gasteiger charge is 2.42. The Labute approximate surface area is 171 Å². The second kappa shape index (κ2) is 8.35. The molecule has 2 aliphatic rings. The third-order valence-corrected chi connectivity index (χ3v) is 5.51. The average Bonchev–Trinajstić information content (AvgIpc) is 2.95. The number of hydrogen-bond acceptors (Lipinski definition) is 4. The zero-order chi connectivity index (χ0) is 21.2. The van der Waals surface area contributed by atoms with Crippen LogP contribution in [-0.2, 0) is 4.79 Å².